The highest BCUT2D eigenvalue weighted by atomic mass is 19.3. The Morgan fingerprint density at radius 1 is 1.07 bits per heavy atom. The number of hydrogen-bond donors (Lipinski definition) is 0. The van der Waals surface area contributed by atoms with Gasteiger partial charge in [-0.2, -0.15) is 8.78 Å². The van der Waals surface area contributed by atoms with Gasteiger partial charge in [0.1, 0.15) is 11.4 Å². The first-order chi connectivity index (χ1) is 20.3. The fourth-order valence-corrected chi connectivity index (χ4v) is 5.31. The highest BCUT2D eigenvalue weighted by molar-refractivity contribution is 5.84. The van der Waals surface area contributed by atoms with Crippen molar-refractivity contribution in [1.82, 2.24) is 24.2 Å². The second-order valence-electron chi connectivity index (χ2n) is 11.8. The first-order valence-corrected chi connectivity index (χ1v) is 14.1. The molecule has 0 spiro atoms. The molecule has 4 aromatic rings. The molecule has 0 N–H and O–H groups in total. The Morgan fingerprint density at radius 3 is 2.44 bits per heavy atom. The highest BCUT2D eigenvalue weighted by Gasteiger charge is 2.31. The largest absolute Gasteiger partial charge is 0.444 e. The normalized spacial score (nSPS) is 15.8. The molecule has 1 aliphatic heterocycles. The minimum atomic E-state index is -2.96. The van der Waals surface area contributed by atoms with Crippen LogP contribution in [0.1, 0.15) is 38.8 Å². The molecule has 1 saturated heterocycles. The van der Waals surface area contributed by atoms with Crippen molar-refractivity contribution >= 4 is 22.9 Å². The number of benzene rings is 2. The lowest BCUT2D eigenvalue weighted by atomic mass is 10.1. The van der Waals surface area contributed by atoms with Crippen molar-refractivity contribution in [2.75, 3.05) is 24.5 Å². The van der Waals surface area contributed by atoms with Crippen molar-refractivity contribution in [2.45, 2.75) is 59.4 Å². The zero-order valence-electron chi connectivity index (χ0n) is 25.2. The van der Waals surface area contributed by atoms with Crippen molar-refractivity contribution in [3.05, 3.63) is 70.3 Å². The summed E-state index contributed by atoms with van der Waals surface area (Å²) in [6.45, 7) is 8.21. The van der Waals surface area contributed by atoms with E-state index in [2.05, 4.69) is 9.97 Å². The average molecular weight is 595 g/mol. The van der Waals surface area contributed by atoms with Crippen molar-refractivity contribution in [2.24, 2.45) is 7.05 Å². The molecule has 2 aromatic heterocycles. The van der Waals surface area contributed by atoms with Crippen molar-refractivity contribution in [3.63, 3.8) is 0 Å². The van der Waals surface area contributed by atoms with E-state index in [1.165, 1.54) is 10.7 Å². The zero-order valence-corrected chi connectivity index (χ0v) is 25.2. The maximum Gasteiger partial charge on any atom is 0.410 e. The standard InChI is InChI=1S/C31H36F2N6O4/c1-19-7-10-26(42-28(32)33)22(13-19)18-39-25-14-21(8-9-24(25)27(40)36(39)6)23-15-34-29(35-16-23)37-11-12-38(20(2)17-37)30(41)43-31(3,4)5/h7-10,13-16,20,28H,11-12,17-18H2,1-6H3/t20-/m0/s1. The molecule has 228 valence electrons. The molecule has 0 saturated carbocycles. The van der Waals surface area contributed by atoms with Gasteiger partial charge in [-0.05, 0) is 58.4 Å². The number of nitrogens with zero attached hydrogens (tertiary/aromatic N) is 6. The van der Waals surface area contributed by atoms with E-state index in [9.17, 15) is 18.4 Å². The first-order valence-electron chi connectivity index (χ1n) is 14.1. The fourth-order valence-electron chi connectivity index (χ4n) is 5.31. The third-order valence-corrected chi connectivity index (χ3v) is 7.42. The van der Waals surface area contributed by atoms with Gasteiger partial charge in [0.05, 0.1) is 17.4 Å². The van der Waals surface area contributed by atoms with Gasteiger partial charge in [0.15, 0.2) is 0 Å². The van der Waals surface area contributed by atoms with Gasteiger partial charge in [-0.3, -0.25) is 14.2 Å². The van der Waals surface area contributed by atoms with Crippen LogP contribution in [-0.2, 0) is 18.3 Å². The summed E-state index contributed by atoms with van der Waals surface area (Å²) in [7, 11) is 1.65. The second kappa shape index (κ2) is 11.7. The highest BCUT2D eigenvalue weighted by Crippen LogP contribution is 2.27. The number of piperazine rings is 1. The molecule has 2 aromatic carbocycles. The molecule has 3 heterocycles. The van der Waals surface area contributed by atoms with Crippen LogP contribution in [0.3, 0.4) is 0 Å². The van der Waals surface area contributed by atoms with E-state index < -0.39 is 12.2 Å². The molecular formula is C31H36F2N6O4. The van der Waals surface area contributed by atoms with E-state index in [1.54, 1.807) is 47.2 Å². The van der Waals surface area contributed by atoms with E-state index >= 15 is 0 Å². The molecule has 0 aliphatic carbocycles. The van der Waals surface area contributed by atoms with Crippen LogP contribution in [0.4, 0.5) is 19.5 Å². The van der Waals surface area contributed by atoms with Gasteiger partial charge in [-0.15, -0.1) is 0 Å². The van der Waals surface area contributed by atoms with Crippen LogP contribution in [0.5, 0.6) is 5.75 Å². The predicted octanol–water partition coefficient (Wildman–Crippen LogP) is 5.20. The second-order valence-corrected chi connectivity index (χ2v) is 11.8. The molecule has 1 fully saturated rings. The molecule has 1 amide bonds. The Kier molecular flexibility index (Phi) is 8.13. The van der Waals surface area contributed by atoms with Crippen LogP contribution >= 0.6 is 0 Å². The number of amides is 1. The van der Waals surface area contributed by atoms with E-state index in [0.717, 1.165) is 16.7 Å². The quantitative estimate of drug-likeness (QED) is 0.303. The molecule has 0 radical (unpaired) electrons. The van der Waals surface area contributed by atoms with Crippen LogP contribution < -0.4 is 15.2 Å². The molecule has 0 bridgehead atoms. The lowest BCUT2D eigenvalue weighted by Gasteiger charge is -2.40. The Hall–Kier alpha value is -4.48. The van der Waals surface area contributed by atoms with E-state index in [4.69, 9.17) is 9.47 Å². The molecule has 5 rings (SSSR count). The SMILES string of the molecule is Cc1ccc(OC(F)F)c(Cn2c3cc(-c4cnc(N5CCN(C(=O)OC(C)(C)C)[C@@H](C)C5)nc4)ccc3c(=O)n2C)c1. The minimum Gasteiger partial charge on any atom is -0.444 e. The molecule has 10 nitrogen and oxygen atoms in total. The van der Waals surface area contributed by atoms with Crippen molar-refractivity contribution < 1.29 is 23.0 Å². The number of carbonyl (C=O) groups excluding carboxylic acids is 1. The van der Waals surface area contributed by atoms with Gasteiger partial charge in [-0.25, -0.2) is 14.8 Å². The topological polar surface area (TPSA) is 94.7 Å². The summed E-state index contributed by atoms with van der Waals surface area (Å²) in [6, 6.07) is 10.4. The van der Waals surface area contributed by atoms with Gasteiger partial charge < -0.3 is 19.3 Å². The number of hydrogen-bond acceptors (Lipinski definition) is 7. The number of alkyl halides is 2. The van der Waals surface area contributed by atoms with Crippen molar-refractivity contribution in [3.8, 4) is 16.9 Å². The Balaban J connectivity index is 1.38. The summed E-state index contributed by atoms with van der Waals surface area (Å²) in [5, 5.41) is 0.504. The van der Waals surface area contributed by atoms with Gasteiger partial charge in [0.25, 0.3) is 5.56 Å². The predicted molar refractivity (Wildman–Crippen MR) is 160 cm³/mol. The Morgan fingerprint density at radius 2 is 1.79 bits per heavy atom. The lowest BCUT2D eigenvalue weighted by molar-refractivity contribution is -0.0505. The summed E-state index contributed by atoms with van der Waals surface area (Å²) in [5.74, 6) is 0.624. The van der Waals surface area contributed by atoms with E-state index in [0.29, 0.717) is 42.0 Å². The molecule has 12 heteroatoms. The first kappa shape index (κ1) is 30.0. The number of aromatic nitrogens is 4. The summed E-state index contributed by atoms with van der Waals surface area (Å²) in [5.41, 5.74) is 2.86. The minimum absolute atomic E-state index is 0.0660. The number of anilines is 1. The summed E-state index contributed by atoms with van der Waals surface area (Å²) in [6.07, 6.45) is 3.13. The number of aryl methyl sites for hydroxylation is 1. The molecule has 1 aliphatic rings. The van der Waals surface area contributed by atoms with E-state index in [1.807, 2.05) is 51.7 Å². The third-order valence-electron chi connectivity index (χ3n) is 7.42. The fraction of sp³-hybridized carbons (Fsp3) is 0.419. The Bertz CT molecular complexity index is 1690. The number of rotatable bonds is 6. The van der Waals surface area contributed by atoms with Crippen LogP contribution in [0.2, 0.25) is 0 Å². The van der Waals surface area contributed by atoms with Crippen LogP contribution in [-0.4, -0.2) is 68.2 Å². The summed E-state index contributed by atoms with van der Waals surface area (Å²) < 4.78 is 39.6. The van der Waals surface area contributed by atoms with Gasteiger partial charge in [0, 0.05) is 56.2 Å². The maximum absolute atomic E-state index is 13.1. The number of carbonyl (C=O) groups is 1. The average Bonchev–Trinajstić information content (AvgIpc) is 3.17. The Labute approximate surface area is 248 Å². The van der Waals surface area contributed by atoms with Gasteiger partial charge in [-0.1, -0.05) is 23.8 Å². The molecular weight excluding hydrogens is 558 g/mol. The van der Waals surface area contributed by atoms with Gasteiger partial charge >= 0.3 is 12.7 Å². The summed E-state index contributed by atoms with van der Waals surface area (Å²) >= 11 is 0. The lowest BCUT2D eigenvalue weighted by Crippen LogP contribution is -2.55. The summed E-state index contributed by atoms with van der Waals surface area (Å²) in [4.78, 5) is 38.6. The monoisotopic (exact) mass is 594 g/mol. The van der Waals surface area contributed by atoms with Crippen LogP contribution in [0, 0.1) is 6.92 Å². The maximum atomic E-state index is 13.1. The third kappa shape index (κ3) is 6.47. The number of halogens is 2. The molecule has 43 heavy (non-hydrogen) atoms. The molecule has 1 atom stereocenters. The zero-order chi connectivity index (χ0) is 31.1. The number of ether oxygens (including phenoxy) is 2. The van der Waals surface area contributed by atoms with Gasteiger partial charge in [0.2, 0.25) is 5.95 Å². The molecule has 0 unspecified atom stereocenters. The smallest absolute Gasteiger partial charge is 0.410 e. The van der Waals surface area contributed by atoms with E-state index in [-0.39, 0.29) is 30.0 Å². The van der Waals surface area contributed by atoms with Crippen molar-refractivity contribution in [1.29, 1.82) is 0 Å². The van der Waals surface area contributed by atoms with Crippen LogP contribution in [0.25, 0.3) is 22.0 Å². The number of fused-ring (bicyclic) bond motifs is 1. The van der Waals surface area contributed by atoms with Crippen LogP contribution in [0.15, 0.2) is 53.6 Å².